The topological polar surface area (TPSA) is 49.7 Å². The maximum atomic E-state index is 11.2. The average Bonchev–Trinajstić information content (AvgIpc) is 2.50. The third kappa shape index (κ3) is 8.34. The minimum Gasteiger partial charge on any atom is -0.481 e. The first-order chi connectivity index (χ1) is 11.0. The number of carbonyl (C=O) groups is 1. The Hall–Kier alpha value is -1.12. The van der Waals surface area contributed by atoms with Crippen LogP contribution in [0.25, 0.3) is 0 Å². The summed E-state index contributed by atoms with van der Waals surface area (Å²) in [5, 5.41) is 9.21. The smallest absolute Gasteiger partial charge is 0.306 e. The zero-order chi connectivity index (χ0) is 17.1. The Morgan fingerprint density at radius 1 is 1.04 bits per heavy atom. The van der Waals surface area contributed by atoms with Gasteiger partial charge in [-0.1, -0.05) is 45.4 Å². The molecule has 0 aromatic carbocycles. The highest BCUT2D eigenvalue weighted by Crippen LogP contribution is 2.24. The number of aliphatic imine (C=N–C) groups is 1. The van der Waals surface area contributed by atoms with E-state index in [0.717, 1.165) is 38.5 Å². The molecule has 0 radical (unpaired) electrons. The molecular formula is C20H35NO2. The lowest BCUT2D eigenvalue weighted by Gasteiger charge is -2.15. The molecule has 0 amide bonds. The number of nitrogens with zero attached hydrogens (tertiary/aromatic N) is 1. The lowest BCUT2D eigenvalue weighted by atomic mass is 9.94. The third-order valence-electron chi connectivity index (χ3n) is 4.95. The van der Waals surface area contributed by atoms with Gasteiger partial charge in [0.2, 0.25) is 0 Å². The first-order valence-corrected chi connectivity index (χ1v) is 9.50. The Morgan fingerprint density at radius 3 is 2.35 bits per heavy atom. The van der Waals surface area contributed by atoms with Crippen LogP contribution < -0.4 is 0 Å². The van der Waals surface area contributed by atoms with E-state index in [9.17, 15) is 9.90 Å². The van der Waals surface area contributed by atoms with Gasteiger partial charge in [-0.15, -0.1) is 0 Å². The molecule has 1 heterocycles. The second-order valence-electron chi connectivity index (χ2n) is 7.02. The Bertz CT molecular complexity index is 423. The molecule has 1 aliphatic rings. The lowest BCUT2D eigenvalue weighted by molar-refractivity contribution is -0.142. The summed E-state index contributed by atoms with van der Waals surface area (Å²) in [5.41, 5.74) is 4.05. The molecule has 3 heteroatoms. The maximum absolute atomic E-state index is 11.2. The summed E-state index contributed by atoms with van der Waals surface area (Å²) < 4.78 is 0. The predicted octanol–water partition coefficient (Wildman–Crippen LogP) is 6.14. The van der Waals surface area contributed by atoms with E-state index >= 15 is 0 Å². The van der Waals surface area contributed by atoms with Crippen molar-refractivity contribution in [2.45, 2.75) is 97.8 Å². The van der Waals surface area contributed by atoms with Gasteiger partial charge >= 0.3 is 5.97 Å². The second kappa shape index (κ2) is 11.4. The second-order valence-corrected chi connectivity index (χ2v) is 7.02. The van der Waals surface area contributed by atoms with Gasteiger partial charge in [0.25, 0.3) is 0 Å². The van der Waals surface area contributed by atoms with Crippen molar-refractivity contribution in [2.75, 3.05) is 0 Å². The maximum Gasteiger partial charge on any atom is 0.306 e. The Kier molecular flexibility index (Phi) is 9.89. The van der Waals surface area contributed by atoms with Gasteiger partial charge < -0.3 is 5.11 Å². The van der Waals surface area contributed by atoms with Crippen LogP contribution in [0.2, 0.25) is 0 Å². The predicted molar refractivity (Wildman–Crippen MR) is 98.0 cm³/mol. The van der Waals surface area contributed by atoms with Crippen LogP contribution in [0.15, 0.2) is 16.3 Å². The first-order valence-electron chi connectivity index (χ1n) is 9.50. The number of unbranched alkanes of at least 4 members (excludes halogenated alkanes) is 5. The summed E-state index contributed by atoms with van der Waals surface area (Å²) in [6.45, 7) is 6.38. The van der Waals surface area contributed by atoms with Crippen LogP contribution in [0.4, 0.5) is 0 Å². The minimum absolute atomic E-state index is 0.119. The molecule has 0 saturated carbocycles. The van der Waals surface area contributed by atoms with Crippen molar-refractivity contribution in [3.8, 4) is 0 Å². The van der Waals surface area contributed by atoms with Gasteiger partial charge in [0.1, 0.15) is 0 Å². The van der Waals surface area contributed by atoms with Crippen LogP contribution >= 0.6 is 0 Å². The van der Waals surface area contributed by atoms with E-state index in [4.69, 9.17) is 0 Å². The molecule has 0 aliphatic carbocycles. The van der Waals surface area contributed by atoms with Gasteiger partial charge in [0.15, 0.2) is 0 Å². The van der Waals surface area contributed by atoms with Crippen LogP contribution in [0.5, 0.6) is 0 Å². The van der Waals surface area contributed by atoms with Gasteiger partial charge in [-0.3, -0.25) is 9.79 Å². The molecule has 1 aliphatic heterocycles. The quantitative estimate of drug-likeness (QED) is 0.439. The minimum atomic E-state index is -0.603. The first kappa shape index (κ1) is 19.9. The van der Waals surface area contributed by atoms with E-state index in [1.807, 2.05) is 0 Å². The fourth-order valence-electron chi connectivity index (χ4n) is 3.34. The molecule has 3 nitrogen and oxygen atoms in total. The third-order valence-corrected chi connectivity index (χ3v) is 4.95. The van der Waals surface area contributed by atoms with Crippen LogP contribution in [0.1, 0.15) is 97.8 Å². The zero-order valence-corrected chi connectivity index (χ0v) is 15.4. The standard InChI is InChI=1S/C20H35NO2/c1-4-5-11-19(20(22)23)13-10-8-6-7-9-12-18-15-14-16(2)21-17(18)3/h19H,4-15H2,1-3H3,(H,22,23). The number of aliphatic carboxylic acids is 1. The van der Waals surface area contributed by atoms with E-state index in [0.29, 0.717) is 0 Å². The molecule has 1 N–H and O–H groups in total. The molecular weight excluding hydrogens is 286 g/mol. The largest absolute Gasteiger partial charge is 0.481 e. The van der Waals surface area contributed by atoms with E-state index < -0.39 is 5.97 Å². The highest BCUT2D eigenvalue weighted by Gasteiger charge is 2.15. The fourth-order valence-corrected chi connectivity index (χ4v) is 3.34. The van der Waals surface area contributed by atoms with Gasteiger partial charge in [-0.05, 0) is 57.9 Å². The normalized spacial score (nSPS) is 16.4. The van der Waals surface area contributed by atoms with Gasteiger partial charge in [0, 0.05) is 11.4 Å². The molecule has 0 bridgehead atoms. The average molecular weight is 322 g/mol. The molecule has 1 atom stereocenters. The Balaban J connectivity index is 2.09. The monoisotopic (exact) mass is 321 g/mol. The number of carboxylic acid groups (broad SMARTS) is 1. The number of carboxylic acids is 1. The molecule has 0 saturated heterocycles. The van der Waals surface area contributed by atoms with Gasteiger partial charge in [-0.25, -0.2) is 0 Å². The van der Waals surface area contributed by atoms with E-state index in [-0.39, 0.29) is 5.92 Å². The number of rotatable bonds is 12. The number of hydrogen-bond acceptors (Lipinski definition) is 2. The molecule has 0 spiro atoms. The Morgan fingerprint density at radius 2 is 1.70 bits per heavy atom. The summed E-state index contributed by atoms with van der Waals surface area (Å²) >= 11 is 0. The fraction of sp³-hybridized carbons (Fsp3) is 0.800. The van der Waals surface area contributed by atoms with Crippen LogP contribution in [-0.2, 0) is 4.79 Å². The molecule has 1 rings (SSSR count). The molecule has 0 fully saturated rings. The number of allylic oxidation sites excluding steroid dienone is 2. The van der Waals surface area contributed by atoms with E-state index in [1.54, 1.807) is 5.57 Å². The summed E-state index contributed by atoms with van der Waals surface area (Å²) in [4.78, 5) is 15.8. The zero-order valence-electron chi connectivity index (χ0n) is 15.4. The summed E-state index contributed by atoms with van der Waals surface area (Å²) in [7, 11) is 0. The molecule has 132 valence electrons. The van der Waals surface area contributed by atoms with Crippen LogP contribution in [0.3, 0.4) is 0 Å². The van der Waals surface area contributed by atoms with Gasteiger partial charge in [0.05, 0.1) is 5.92 Å². The SMILES string of the molecule is CCCCC(CCCCCCCC1=C(C)N=C(C)CC1)C(=O)O. The molecule has 0 aromatic rings. The van der Waals surface area contributed by atoms with E-state index in [2.05, 4.69) is 25.8 Å². The van der Waals surface area contributed by atoms with Crippen molar-refractivity contribution in [2.24, 2.45) is 10.9 Å². The summed E-state index contributed by atoms with van der Waals surface area (Å²) in [6.07, 6.45) is 13.3. The van der Waals surface area contributed by atoms with Crippen LogP contribution in [-0.4, -0.2) is 16.8 Å². The number of hydrogen-bond donors (Lipinski definition) is 1. The van der Waals surface area contributed by atoms with Crippen molar-refractivity contribution < 1.29 is 9.90 Å². The van der Waals surface area contributed by atoms with Crippen molar-refractivity contribution in [1.29, 1.82) is 0 Å². The van der Waals surface area contributed by atoms with Crippen molar-refractivity contribution >= 4 is 11.7 Å². The molecule has 23 heavy (non-hydrogen) atoms. The van der Waals surface area contributed by atoms with E-state index in [1.165, 1.54) is 49.9 Å². The molecule has 0 aromatic heterocycles. The molecule has 1 unspecified atom stereocenters. The summed E-state index contributed by atoms with van der Waals surface area (Å²) in [6, 6.07) is 0. The highest BCUT2D eigenvalue weighted by atomic mass is 16.4. The lowest BCUT2D eigenvalue weighted by Crippen LogP contribution is -2.13. The highest BCUT2D eigenvalue weighted by molar-refractivity contribution is 5.84. The Labute approximate surface area is 142 Å². The van der Waals surface area contributed by atoms with Gasteiger partial charge in [-0.2, -0.15) is 0 Å². The van der Waals surface area contributed by atoms with Crippen molar-refractivity contribution in [3.63, 3.8) is 0 Å². The summed E-state index contributed by atoms with van der Waals surface area (Å²) in [5.74, 6) is -0.722. The van der Waals surface area contributed by atoms with Crippen LogP contribution in [0, 0.1) is 5.92 Å². The van der Waals surface area contributed by atoms with Crippen molar-refractivity contribution in [3.05, 3.63) is 11.3 Å². The van der Waals surface area contributed by atoms with Crippen molar-refractivity contribution in [1.82, 2.24) is 0 Å².